The Bertz CT molecular complexity index is 607. The number of nitrogens with zero attached hydrogens (tertiary/aromatic N) is 2. The van der Waals surface area contributed by atoms with E-state index in [2.05, 4.69) is 4.98 Å². The summed E-state index contributed by atoms with van der Waals surface area (Å²) in [7, 11) is 7.20. The number of amides is 1. The second-order valence-electron chi connectivity index (χ2n) is 6.66. The molecule has 0 aliphatic carbocycles. The molecule has 1 aromatic rings. The number of rotatable bonds is 4. The van der Waals surface area contributed by atoms with Crippen LogP contribution in [0.15, 0.2) is 12.1 Å². The van der Waals surface area contributed by atoms with E-state index in [4.69, 9.17) is 17.3 Å². The van der Waals surface area contributed by atoms with Gasteiger partial charge >= 0.3 is 6.09 Å². The fourth-order valence-electron chi connectivity index (χ4n) is 2.33. The van der Waals surface area contributed by atoms with Crippen molar-refractivity contribution >= 4 is 25.3 Å². The Morgan fingerprint density at radius 1 is 1.35 bits per heavy atom. The monoisotopic (exact) mass is 316 g/mol. The molecular weight excluding hydrogens is 295 g/mol. The molecule has 0 N–H and O–H groups in total. The maximum absolute atomic E-state index is 12.2. The second kappa shape index (κ2) is 6.60. The van der Waals surface area contributed by atoms with Gasteiger partial charge in [0, 0.05) is 31.0 Å². The number of hydrogen-bond acceptors (Lipinski definition) is 5. The van der Waals surface area contributed by atoms with Crippen molar-refractivity contribution in [3.63, 3.8) is 0 Å². The lowest BCUT2D eigenvalue weighted by atomic mass is 9.93. The predicted molar refractivity (Wildman–Crippen MR) is 86.4 cm³/mol. The number of pyridine rings is 1. The Balaban J connectivity index is 1.84. The number of carbonyl (C=O) groups is 2. The van der Waals surface area contributed by atoms with Crippen LogP contribution in [0.2, 0.25) is 0 Å². The summed E-state index contributed by atoms with van der Waals surface area (Å²) in [5.41, 5.74) is 0.00377. The number of carbonyl (C=O) groups excluding carboxylic acids is 2. The van der Waals surface area contributed by atoms with Crippen molar-refractivity contribution in [3.8, 4) is 5.75 Å². The average Bonchev–Trinajstić information content (AvgIpc) is 2.39. The molecule has 2 rings (SSSR count). The van der Waals surface area contributed by atoms with E-state index in [9.17, 15) is 9.59 Å². The number of methoxy groups -OCH3 is 1. The Kier molecular flexibility index (Phi) is 4.97. The Hall–Kier alpha value is -2.05. The van der Waals surface area contributed by atoms with Crippen LogP contribution >= 0.6 is 0 Å². The second-order valence-corrected chi connectivity index (χ2v) is 6.66. The van der Waals surface area contributed by atoms with Gasteiger partial charge in [0.05, 0.1) is 7.11 Å². The highest BCUT2D eigenvalue weighted by atomic mass is 16.6. The number of ether oxygens (including phenoxy) is 2. The first-order chi connectivity index (χ1) is 10.7. The SMILES string of the molecule is [B]c1nc(C(=O)CC2CN(C(=O)OC(C)(C)C)C2)ccc1OC. The Morgan fingerprint density at radius 2 is 2.00 bits per heavy atom. The van der Waals surface area contributed by atoms with Crippen LogP contribution in [0.25, 0.3) is 0 Å². The van der Waals surface area contributed by atoms with Crippen LogP contribution in [0.4, 0.5) is 4.79 Å². The molecule has 1 aromatic heterocycles. The number of likely N-dealkylation sites (tertiary alicyclic amines) is 1. The summed E-state index contributed by atoms with van der Waals surface area (Å²) in [5, 5.41) is 0. The van der Waals surface area contributed by atoms with Crippen LogP contribution in [0, 0.1) is 5.92 Å². The molecule has 6 nitrogen and oxygen atoms in total. The van der Waals surface area contributed by atoms with Crippen molar-refractivity contribution in [2.75, 3.05) is 20.2 Å². The topological polar surface area (TPSA) is 68.7 Å². The standard InChI is InChI=1S/C16H21BN2O4/c1-16(2,3)23-15(21)19-8-10(9-19)7-12(20)11-5-6-13(22-4)14(17)18-11/h5-6,10H,7-9H2,1-4H3. The molecule has 0 atom stereocenters. The van der Waals surface area contributed by atoms with Gasteiger partial charge in [-0.1, -0.05) is 0 Å². The third-order valence-corrected chi connectivity index (χ3v) is 3.47. The van der Waals surface area contributed by atoms with E-state index in [1.54, 1.807) is 17.0 Å². The third-order valence-electron chi connectivity index (χ3n) is 3.47. The lowest BCUT2D eigenvalue weighted by molar-refractivity contribution is -0.00174. The lowest BCUT2D eigenvalue weighted by Gasteiger charge is -2.39. The molecule has 1 saturated heterocycles. The van der Waals surface area contributed by atoms with Gasteiger partial charge in [-0.15, -0.1) is 0 Å². The van der Waals surface area contributed by atoms with Crippen LogP contribution < -0.4 is 10.3 Å². The Morgan fingerprint density at radius 3 is 2.52 bits per heavy atom. The first-order valence-electron chi connectivity index (χ1n) is 7.51. The normalized spacial score (nSPS) is 15.0. The molecular formula is C16H21BN2O4. The Labute approximate surface area is 137 Å². The van der Waals surface area contributed by atoms with Crippen LogP contribution in [0.1, 0.15) is 37.7 Å². The molecule has 1 aliphatic heterocycles. The van der Waals surface area contributed by atoms with Gasteiger partial charge in [0.1, 0.15) is 24.9 Å². The molecule has 122 valence electrons. The summed E-state index contributed by atoms with van der Waals surface area (Å²) in [4.78, 5) is 29.7. The molecule has 7 heteroatoms. The smallest absolute Gasteiger partial charge is 0.410 e. The van der Waals surface area contributed by atoms with E-state index in [0.29, 0.717) is 31.0 Å². The van der Waals surface area contributed by atoms with E-state index in [1.165, 1.54) is 7.11 Å². The third kappa shape index (κ3) is 4.47. The summed E-state index contributed by atoms with van der Waals surface area (Å²) >= 11 is 0. The molecule has 0 aromatic carbocycles. The van der Waals surface area contributed by atoms with E-state index < -0.39 is 5.60 Å². The minimum Gasteiger partial charge on any atom is -0.496 e. The van der Waals surface area contributed by atoms with E-state index >= 15 is 0 Å². The van der Waals surface area contributed by atoms with Gasteiger partial charge in [0.25, 0.3) is 0 Å². The molecule has 23 heavy (non-hydrogen) atoms. The van der Waals surface area contributed by atoms with E-state index in [-0.39, 0.29) is 23.4 Å². The molecule has 1 fully saturated rings. The first kappa shape index (κ1) is 17.3. The van der Waals surface area contributed by atoms with E-state index in [0.717, 1.165) is 0 Å². The van der Waals surface area contributed by atoms with Gasteiger partial charge in [-0.2, -0.15) is 0 Å². The minimum absolute atomic E-state index is 0.0896. The minimum atomic E-state index is -0.511. The van der Waals surface area contributed by atoms with Crippen molar-refractivity contribution in [1.82, 2.24) is 9.88 Å². The van der Waals surface area contributed by atoms with Gasteiger partial charge in [-0.25, -0.2) is 4.79 Å². The molecule has 0 spiro atoms. The van der Waals surface area contributed by atoms with Crippen molar-refractivity contribution < 1.29 is 19.1 Å². The highest BCUT2D eigenvalue weighted by Gasteiger charge is 2.35. The van der Waals surface area contributed by atoms with Gasteiger partial charge in [0.15, 0.2) is 5.78 Å². The molecule has 1 aliphatic rings. The zero-order valence-corrected chi connectivity index (χ0v) is 14.0. The molecule has 2 radical (unpaired) electrons. The van der Waals surface area contributed by atoms with Crippen LogP contribution in [0.5, 0.6) is 5.75 Å². The van der Waals surface area contributed by atoms with E-state index in [1.807, 2.05) is 20.8 Å². The summed E-state index contributed by atoms with van der Waals surface area (Å²) in [5.74, 6) is 0.481. The molecule has 2 heterocycles. The fourth-order valence-corrected chi connectivity index (χ4v) is 2.33. The number of hydrogen-bond donors (Lipinski definition) is 0. The van der Waals surface area contributed by atoms with Gasteiger partial charge in [-0.3, -0.25) is 9.78 Å². The summed E-state index contributed by atoms with van der Waals surface area (Å²) in [6, 6.07) is 3.23. The quantitative estimate of drug-likeness (QED) is 0.619. The summed E-state index contributed by atoms with van der Waals surface area (Å²) in [6.45, 7) is 6.51. The first-order valence-corrected chi connectivity index (χ1v) is 7.51. The predicted octanol–water partition coefficient (Wildman–Crippen LogP) is 1.32. The zero-order chi connectivity index (χ0) is 17.2. The number of ketones is 1. The largest absolute Gasteiger partial charge is 0.496 e. The number of Topliss-reactive ketones (excluding diaryl/α,β-unsaturated/α-hetero) is 1. The van der Waals surface area contributed by atoms with Crippen LogP contribution in [0.3, 0.4) is 0 Å². The average molecular weight is 316 g/mol. The highest BCUT2D eigenvalue weighted by molar-refractivity contribution is 6.32. The molecule has 1 amide bonds. The van der Waals surface area contributed by atoms with Gasteiger partial charge in [-0.05, 0) is 32.9 Å². The van der Waals surface area contributed by atoms with Crippen LogP contribution in [-0.4, -0.2) is 55.4 Å². The lowest BCUT2D eigenvalue weighted by Crippen LogP contribution is -2.52. The maximum Gasteiger partial charge on any atom is 0.410 e. The molecule has 0 saturated carbocycles. The summed E-state index contributed by atoms with van der Waals surface area (Å²) in [6.07, 6.45) is -0.00838. The van der Waals surface area contributed by atoms with Crippen molar-refractivity contribution in [3.05, 3.63) is 17.8 Å². The fraction of sp³-hybridized carbons (Fsp3) is 0.562. The van der Waals surface area contributed by atoms with Crippen molar-refractivity contribution in [2.45, 2.75) is 32.8 Å². The zero-order valence-electron chi connectivity index (χ0n) is 14.0. The molecule has 0 bridgehead atoms. The number of aromatic nitrogens is 1. The molecule has 0 unspecified atom stereocenters. The summed E-state index contributed by atoms with van der Waals surface area (Å²) < 4.78 is 10.3. The highest BCUT2D eigenvalue weighted by Crippen LogP contribution is 2.23. The van der Waals surface area contributed by atoms with Crippen molar-refractivity contribution in [2.24, 2.45) is 5.92 Å². The van der Waals surface area contributed by atoms with Crippen LogP contribution in [-0.2, 0) is 4.74 Å². The maximum atomic E-state index is 12.2. The van der Waals surface area contributed by atoms with Gasteiger partial charge in [0.2, 0.25) is 0 Å². The van der Waals surface area contributed by atoms with Gasteiger partial charge < -0.3 is 14.4 Å². The van der Waals surface area contributed by atoms with Crippen molar-refractivity contribution in [1.29, 1.82) is 0 Å².